The van der Waals surface area contributed by atoms with Crippen LogP contribution in [0.5, 0.6) is 0 Å². The van der Waals surface area contributed by atoms with Crippen LogP contribution in [0.3, 0.4) is 0 Å². The molecule has 1 saturated heterocycles. The first-order valence-electron chi connectivity index (χ1n) is 6.46. The van der Waals surface area contributed by atoms with E-state index in [0.29, 0.717) is 6.54 Å². The average molecular weight is 325 g/mol. The Labute approximate surface area is 121 Å². The smallest absolute Gasteiger partial charge is 0.252 e. The maximum Gasteiger partial charge on any atom is 0.252 e. The van der Waals surface area contributed by atoms with Gasteiger partial charge in [-0.1, -0.05) is 22.9 Å². The number of halogens is 1. The summed E-state index contributed by atoms with van der Waals surface area (Å²) >= 11 is 3.43. The van der Waals surface area contributed by atoms with Gasteiger partial charge in [0.2, 0.25) is 5.91 Å². The second kappa shape index (κ2) is 5.74. The molecule has 0 aliphatic carbocycles. The summed E-state index contributed by atoms with van der Waals surface area (Å²) in [4.78, 5) is 25.0. The first-order valence-corrected chi connectivity index (χ1v) is 7.25. The Hall–Kier alpha value is -1.36. The van der Waals surface area contributed by atoms with Gasteiger partial charge in [0.25, 0.3) is 5.91 Å². The van der Waals surface area contributed by atoms with Gasteiger partial charge in [-0.2, -0.15) is 0 Å². The van der Waals surface area contributed by atoms with Crippen LogP contribution < -0.4 is 5.32 Å². The Balaban J connectivity index is 2.18. The van der Waals surface area contributed by atoms with Crippen molar-refractivity contribution in [2.24, 2.45) is 0 Å². The molecule has 0 radical (unpaired) electrons. The molecule has 19 heavy (non-hydrogen) atoms. The fourth-order valence-corrected chi connectivity index (χ4v) is 2.72. The lowest BCUT2D eigenvalue weighted by atomic mass is 10.1. The number of nitrogens with one attached hydrogen (secondary N) is 1. The van der Waals surface area contributed by atoms with Gasteiger partial charge in [0.15, 0.2) is 0 Å². The van der Waals surface area contributed by atoms with Crippen LogP contribution in [0, 0.1) is 0 Å². The van der Waals surface area contributed by atoms with Crippen LogP contribution in [0.25, 0.3) is 0 Å². The van der Waals surface area contributed by atoms with Crippen molar-refractivity contribution in [1.29, 1.82) is 0 Å². The van der Waals surface area contributed by atoms with E-state index < -0.39 is 6.04 Å². The first-order chi connectivity index (χ1) is 9.06. The van der Waals surface area contributed by atoms with Crippen molar-refractivity contribution < 1.29 is 9.59 Å². The average Bonchev–Trinajstić information content (AvgIpc) is 2.66. The van der Waals surface area contributed by atoms with Gasteiger partial charge in [0.05, 0.1) is 6.42 Å². The molecule has 1 aromatic rings. The van der Waals surface area contributed by atoms with Crippen molar-refractivity contribution in [1.82, 2.24) is 4.90 Å². The number of aryl methyl sites for hydroxylation is 1. The van der Waals surface area contributed by atoms with Crippen LogP contribution >= 0.6 is 15.9 Å². The highest BCUT2D eigenvalue weighted by molar-refractivity contribution is 9.10. The largest absolute Gasteiger partial charge is 0.373 e. The van der Waals surface area contributed by atoms with E-state index in [1.165, 1.54) is 4.90 Å². The van der Waals surface area contributed by atoms with Crippen LogP contribution in [-0.4, -0.2) is 29.3 Å². The van der Waals surface area contributed by atoms with Gasteiger partial charge in [0.1, 0.15) is 6.04 Å². The summed E-state index contributed by atoms with van der Waals surface area (Å²) in [5, 5.41) is 3.20. The fraction of sp³-hybridized carbons (Fsp3) is 0.429. The molecule has 0 spiro atoms. The minimum Gasteiger partial charge on any atom is -0.373 e. The van der Waals surface area contributed by atoms with E-state index in [1.807, 2.05) is 25.1 Å². The summed E-state index contributed by atoms with van der Waals surface area (Å²) in [6.45, 7) is 4.32. The molecule has 2 rings (SSSR count). The van der Waals surface area contributed by atoms with Crippen molar-refractivity contribution in [2.45, 2.75) is 32.7 Å². The number of imide groups is 1. The lowest BCUT2D eigenvalue weighted by Crippen LogP contribution is -2.34. The van der Waals surface area contributed by atoms with Crippen LogP contribution in [0.4, 0.5) is 5.69 Å². The molecule has 0 aromatic heterocycles. The van der Waals surface area contributed by atoms with Gasteiger partial charge in [-0.25, -0.2) is 0 Å². The molecule has 0 bridgehead atoms. The number of carbonyl (C=O) groups excluding carboxylic acids is 2. The van der Waals surface area contributed by atoms with E-state index in [1.54, 1.807) is 0 Å². The Morgan fingerprint density at radius 2 is 2.11 bits per heavy atom. The molecule has 1 heterocycles. The van der Waals surface area contributed by atoms with Gasteiger partial charge >= 0.3 is 0 Å². The highest BCUT2D eigenvalue weighted by Gasteiger charge is 2.37. The van der Waals surface area contributed by atoms with Crippen LogP contribution in [0.2, 0.25) is 0 Å². The van der Waals surface area contributed by atoms with E-state index in [0.717, 1.165) is 22.1 Å². The lowest BCUT2D eigenvalue weighted by Gasteiger charge is -2.16. The molecule has 102 valence electrons. The lowest BCUT2D eigenvalue weighted by molar-refractivity contribution is -0.138. The summed E-state index contributed by atoms with van der Waals surface area (Å²) in [5.74, 6) is -0.224. The molecule has 0 saturated carbocycles. The zero-order chi connectivity index (χ0) is 14.0. The molecule has 5 heteroatoms. The normalized spacial score (nSPS) is 19.1. The minimum atomic E-state index is -0.432. The van der Waals surface area contributed by atoms with E-state index >= 15 is 0 Å². The third kappa shape index (κ3) is 2.81. The monoisotopic (exact) mass is 324 g/mol. The summed E-state index contributed by atoms with van der Waals surface area (Å²) in [5.41, 5.74) is 2.05. The van der Waals surface area contributed by atoms with Gasteiger partial charge in [-0.05, 0) is 37.1 Å². The molecular weight excluding hydrogens is 308 g/mol. The molecule has 1 unspecified atom stereocenters. The Morgan fingerprint density at radius 3 is 2.68 bits per heavy atom. The maximum absolute atomic E-state index is 12.1. The number of likely N-dealkylation sites (tertiary alicyclic amines) is 1. The van der Waals surface area contributed by atoms with Crippen molar-refractivity contribution in [2.75, 3.05) is 11.9 Å². The van der Waals surface area contributed by atoms with Crippen LogP contribution in [0.15, 0.2) is 22.7 Å². The molecule has 1 aliphatic rings. The summed E-state index contributed by atoms with van der Waals surface area (Å²) in [6.07, 6.45) is 1.11. The van der Waals surface area contributed by atoms with Crippen LogP contribution in [0.1, 0.15) is 25.8 Å². The predicted octanol–water partition coefficient (Wildman–Crippen LogP) is 2.57. The number of nitrogens with zero attached hydrogens (tertiary/aromatic N) is 1. The number of likely N-dealkylation sites (N-methyl/N-ethyl adjacent to an activating group) is 1. The predicted molar refractivity (Wildman–Crippen MR) is 77.9 cm³/mol. The van der Waals surface area contributed by atoms with E-state index in [2.05, 4.69) is 28.2 Å². The van der Waals surface area contributed by atoms with E-state index in [9.17, 15) is 9.59 Å². The number of rotatable bonds is 4. The first kappa shape index (κ1) is 14.1. The molecule has 1 atom stereocenters. The maximum atomic E-state index is 12.1. The number of anilines is 1. The number of hydrogen-bond donors (Lipinski definition) is 1. The van der Waals surface area contributed by atoms with Gasteiger partial charge < -0.3 is 5.32 Å². The molecule has 4 nitrogen and oxygen atoms in total. The highest BCUT2D eigenvalue weighted by atomic mass is 79.9. The fourth-order valence-electron chi connectivity index (χ4n) is 2.31. The quantitative estimate of drug-likeness (QED) is 0.866. The Kier molecular flexibility index (Phi) is 4.24. The number of carbonyl (C=O) groups is 2. The van der Waals surface area contributed by atoms with Crippen molar-refractivity contribution in [3.8, 4) is 0 Å². The van der Waals surface area contributed by atoms with Crippen molar-refractivity contribution >= 4 is 33.4 Å². The highest BCUT2D eigenvalue weighted by Crippen LogP contribution is 2.24. The number of amides is 2. The topological polar surface area (TPSA) is 49.4 Å². The Morgan fingerprint density at radius 1 is 1.37 bits per heavy atom. The zero-order valence-corrected chi connectivity index (χ0v) is 12.7. The molecule has 1 aliphatic heterocycles. The SMILES string of the molecule is CCc1cc(Br)ccc1NC1CC(=O)N(CC)C1=O. The zero-order valence-electron chi connectivity index (χ0n) is 11.1. The molecule has 2 amide bonds. The molecular formula is C14H17BrN2O2. The molecule has 1 fully saturated rings. The molecule has 1 aromatic carbocycles. The Bertz CT molecular complexity index is 516. The van der Waals surface area contributed by atoms with E-state index in [-0.39, 0.29) is 18.2 Å². The number of benzene rings is 1. The van der Waals surface area contributed by atoms with Gasteiger partial charge in [-0.3, -0.25) is 14.5 Å². The third-order valence-electron chi connectivity index (χ3n) is 3.34. The minimum absolute atomic E-state index is 0.0971. The summed E-state index contributed by atoms with van der Waals surface area (Å²) < 4.78 is 1.01. The number of hydrogen-bond acceptors (Lipinski definition) is 3. The van der Waals surface area contributed by atoms with Crippen LogP contribution in [-0.2, 0) is 16.0 Å². The molecule has 1 N–H and O–H groups in total. The van der Waals surface area contributed by atoms with Crippen molar-refractivity contribution in [3.05, 3.63) is 28.2 Å². The summed E-state index contributed by atoms with van der Waals surface area (Å²) in [6, 6.07) is 5.47. The second-order valence-electron chi connectivity index (χ2n) is 4.53. The van der Waals surface area contributed by atoms with Gasteiger partial charge in [0, 0.05) is 16.7 Å². The summed E-state index contributed by atoms with van der Waals surface area (Å²) in [7, 11) is 0. The standard InChI is InChI=1S/C14H17BrN2O2/c1-3-9-7-10(15)5-6-11(9)16-12-8-13(18)17(4-2)14(12)19/h5-7,12,16H,3-4,8H2,1-2H3. The van der Waals surface area contributed by atoms with Crippen molar-refractivity contribution in [3.63, 3.8) is 0 Å². The van der Waals surface area contributed by atoms with Gasteiger partial charge in [-0.15, -0.1) is 0 Å². The second-order valence-corrected chi connectivity index (χ2v) is 5.45. The van der Waals surface area contributed by atoms with E-state index in [4.69, 9.17) is 0 Å². The third-order valence-corrected chi connectivity index (χ3v) is 3.83.